The summed E-state index contributed by atoms with van der Waals surface area (Å²) in [5, 5.41) is 14.1. The third-order valence-corrected chi connectivity index (χ3v) is 4.02. The summed E-state index contributed by atoms with van der Waals surface area (Å²) in [5.41, 5.74) is 1.02. The number of benzene rings is 3. The van der Waals surface area contributed by atoms with E-state index in [9.17, 15) is 4.79 Å². The highest BCUT2D eigenvalue weighted by molar-refractivity contribution is 6.32. The summed E-state index contributed by atoms with van der Waals surface area (Å²) in [6.45, 7) is -0.241. The van der Waals surface area contributed by atoms with Crippen LogP contribution >= 0.6 is 11.6 Å². The van der Waals surface area contributed by atoms with E-state index in [2.05, 4.69) is 5.32 Å². The fraction of sp³-hybridized carbons (Fsp3) is 0.100. The van der Waals surface area contributed by atoms with Crippen LogP contribution in [0.2, 0.25) is 5.02 Å². The van der Waals surface area contributed by atoms with Gasteiger partial charge < -0.3 is 14.8 Å². The lowest BCUT2D eigenvalue weighted by atomic mass is 10.1. The Morgan fingerprint density at radius 3 is 2.65 bits per heavy atom. The Hall–Kier alpha value is -3.23. The molecule has 0 atom stereocenters. The highest BCUT2D eigenvalue weighted by Gasteiger charge is 2.14. The van der Waals surface area contributed by atoms with Crippen LogP contribution in [0.15, 0.2) is 54.6 Å². The van der Waals surface area contributed by atoms with Crippen LogP contribution in [0.25, 0.3) is 10.8 Å². The first-order chi connectivity index (χ1) is 12.6. The van der Waals surface area contributed by atoms with E-state index in [1.807, 2.05) is 48.5 Å². The molecule has 1 amide bonds. The molecule has 0 aliphatic rings. The Labute approximate surface area is 155 Å². The average Bonchev–Trinajstić information content (AvgIpc) is 2.66. The zero-order chi connectivity index (χ0) is 18.5. The van der Waals surface area contributed by atoms with Crippen LogP contribution in [0.3, 0.4) is 0 Å². The number of amides is 1. The quantitative estimate of drug-likeness (QED) is 0.726. The van der Waals surface area contributed by atoms with Gasteiger partial charge in [-0.3, -0.25) is 4.79 Å². The number of fused-ring (bicyclic) bond motifs is 1. The predicted molar refractivity (Wildman–Crippen MR) is 101 cm³/mol. The Morgan fingerprint density at radius 1 is 1.15 bits per heavy atom. The number of hydrogen-bond donors (Lipinski definition) is 1. The summed E-state index contributed by atoms with van der Waals surface area (Å²) in [4.78, 5) is 12.2. The first kappa shape index (κ1) is 17.6. The number of anilines is 1. The maximum atomic E-state index is 12.2. The van der Waals surface area contributed by atoms with Crippen molar-refractivity contribution in [2.75, 3.05) is 19.0 Å². The molecule has 0 unspecified atom stereocenters. The number of nitrogens with zero attached hydrogens (tertiary/aromatic N) is 1. The van der Waals surface area contributed by atoms with Crippen molar-refractivity contribution < 1.29 is 14.3 Å². The molecule has 0 aromatic heterocycles. The summed E-state index contributed by atoms with van der Waals surface area (Å²) in [7, 11) is 1.44. The largest absolute Gasteiger partial charge is 0.493 e. The fourth-order valence-corrected chi connectivity index (χ4v) is 2.79. The zero-order valence-electron chi connectivity index (χ0n) is 14.0. The maximum Gasteiger partial charge on any atom is 0.262 e. The van der Waals surface area contributed by atoms with Gasteiger partial charge in [0.2, 0.25) is 0 Å². The van der Waals surface area contributed by atoms with E-state index in [0.717, 1.165) is 10.8 Å². The van der Waals surface area contributed by atoms with E-state index in [4.69, 9.17) is 26.3 Å². The molecule has 5 nitrogen and oxygen atoms in total. The van der Waals surface area contributed by atoms with Crippen molar-refractivity contribution in [1.29, 1.82) is 5.26 Å². The molecule has 130 valence electrons. The second-order valence-electron chi connectivity index (χ2n) is 5.50. The number of ether oxygens (including phenoxy) is 2. The minimum absolute atomic E-state index is 0.208. The number of carbonyl (C=O) groups excluding carboxylic acids is 1. The number of hydrogen-bond acceptors (Lipinski definition) is 4. The lowest BCUT2D eigenvalue weighted by Gasteiger charge is -2.13. The number of methoxy groups -OCH3 is 1. The van der Waals surface area contributed by atoms with Crippen molar-refractivity contribution in [3.8, 4) is 17.6 Å². The molecule has 0 fully saturated rings. The molecule has 0 aliphatic carbocycles. The second kappa shape index (κ2) is 7.77. The summed E-state index contributed by atoms with van der Waals surface area (Å²) < 4.78 is 10.7. The van der Waals surface area contributed by atoms with Crippen molar-refractivity contribution in [1.82, 2.24) is 0 Å². The summed E-state index contributed by atoms with van der Waals surface area (Å²) >= 11 is 6.11. The maximum absolute atomic E-state index is 12.2. The van der Waals surface area contributed by atoms with E-state index in [1.165, 1.54) is 19.2 Å². The third kappa shape index (κ3) is 3.88. The van der Waals surface area contributed by atoms with Crippen LogP contribution in [0, 0.1) is 11.3 Å². The van der Waals surface area contributed by atoms with Crippen LogP contribution in [0.1, 0.15) is 5.56 Å². The molecule has 0 heterocycles. The Balaban J connectivity index is 1.70. The first-order valence-electron chi connectivity index (χ1n) is 7.80. The lowest BCUT2D eigenvalue weighted by Crippen LogP contribution is -2.20. The van der Waals surface area contributed by atoms with Gasteiger partial charge in [0.05, 0.1) is 23.8 Å². The van der Waals surface area contributed by atoms with Gasteiger partial charge in [0.1, 0.15) is 0 Å². The topological polar surface area (TPSA) is 71.3 Å². The van der Waals surface area contributed by atoms with Gasteiger partial charge in [-0.2, -0.15) is 5.26 Å². The van der Waals surface area contributed by atoms with Crippen molar-refractivity contribution in [2.45, 2.75) is 0 Å². The SMILES string of the molecule is COc1cc(C#N)cc(Cl)c1OCC(=O)Nc1ccc2ccccc2c1. The first-order valence-corrected chi connectivity index (χ1v) is 8.17. The van der Waals surface area contributed by atoms with E-state index < -0.39 is 0 Å². The molecular formula is C20H15ClN2O3. The van der Waals surface area contributed by atoms with Crippen LogP contribution in [-0.2, 0) is 4.79 Å². The van der Waals surface area contributed by atoms with E-state index >= 15 is 0 Å². The zero-order valence-corrected chi connectivity index (χ0v) is 14.7. The van der Waals surface area contributed by atoms with Crippen LogP contribution in [-0.4, -0.2) is 19.6 Å². The van der Waals surface area contributed by atoms with Crippen LogP contribution in [0.4, 0.5) is 5.69 Å². The Morgan fingerprint density at radius 2 is 1.92 bits per heavy atom. The van der Waals surface area contributed by atoms with Crippen LogP contribution in [0.5, 0.6) is 11.5 Å². The molecule has 0 radical (unpaired) electrons. The van der Waals surface area contributed by atoms with Gasteiger partial charge >= 0.3 is 0 Å². The normalized spacial score (nSPS) is 10.2. The average molecular weight is 367 g/mol. The number of nitriles is 1. The standard InChI is InChI=1S/C20H15ClN2O3/c1-25-18-9-13(11-22)8-17(21)20(18)26-12-19(24)23-16-7-6-14-4-2-3-5-15(14)10-16/h2-10H,12H2,1H3,(H,23,24). The molecule has 1 N–H and O–H groups in total. The van der Waals surface area contributed by atoms with E-state index in [1.54, 1.807) is 0 Å². The Bertz CT molecular complexity index is 1010. The van der Waals surface area contributed by atoms with Gasteiger partial charge in [-0.05, 0) is 29.0 Å². The smallest absolute Gasteiger partial charge is 0.262 e. The van der Waals surface area contributed by atoms with Crippen molar-refractivity contribution in [3.63, 3.8) is 0 Å². The molecular weight excluding hydrogens is 352 g/mol. The Kier molecular flexibility index (Phi) is 5.26. The minimum atomic E-state index is -0.331. The fourth-order valence-electron chi connectivity index (χ4n) is 2.53. The molecule has 0 spiro atoms. The second-order valence-corrected chi connectivity index (χ2v) is 5.91. The molecule has 26 heavy (non-hydrogen) atoms. The third-order valence-electron chi connectivity index (χ3n) is 3.74. The number of carbonyl (C=O) groups is 1. The van der Waals surface area contributed by atoms with Crippen molar-refractivity contribution >= 4 is 34.0 Å². The summed E-state index contributed by atoms with van der Waals surface area (Å²) in [5.74, 6) is 0.192. The molecule has 6 heteroatoms. The van der Waals surface area contributed by atoms with Crippen LogP contribution < -0.4 is 14.8 Å². The summed E-state index contributed by atoms with van der Waals surface area (Å²) in [6.07, 6.45) is 0. The van der Waals surface area contributed by atoms with Crippen molar-refractivity contribution in [3.05, 3.63) is 65.2 Å². The lowest BCUT2D eigenvalue weighted by molar-refractivity contribution is -0.118. The molecule has 0 saturated heterocycles. The van der Waals surface area contributed by atoms with Gasteiger partial charge in [-0.15, -0.1) is 0 Å². The highest BCUT2D eigenvalue weighted by atomic mass is 35.5. The number of rotatable bonds is 5. The monoisotopic (exact) mass is 366 g/mol. The number of nitrogens with one attached hydrogen (secondary N) is 1. The minimum Gasteiger partial charge on any atom is -0.493 e. The van der Waals surface area contributed by atoms with Gasteiger partial charge in [-0.25, -0.2) is 0 Å². The van der Waals surface area contributed by atoms with Gasteiger partial charge in [-0.1, -0.05) is 41.9 Å². The molecule has 3 rings (SSSR count). The van der Waals surface area contributed by atoms with Gasteiger partial charge in [0.15, 0.2) is 18.1 Å². The predicted octanol–water partition coefficient (Wildman–Crippen LogP) is 4.39. The molecule has 0 aliphatic heterocycles. The summed E-state index contributed by atoms with van der Waals surface area (Å²) in [6, 6.07) is 18.5. The molecule has 0 bridgehead atoms. The number of halogens is 1. The molecule has 3 aromatic rings. The highest BCUT2D eigenvalue weighted by Crippen LogP contribution is 2.36. The van der Waals surface area contributed by atoms with E-state index in [-0.39, 0.29) is 23.3 Å². The molecule has 0 saturated carbocycles. The molecule has 3 aromatic carbocycles. The van der Waals surface area contributed by atoms with E-state index in [0.29, 0.717) is 17.0 Å². The van der Waals surface area contributed by atoms with Crippen molar-refractivity contribution in [2.24, 2.45) is 0 Å². The van der Waals surface area contributed by atoms with Gasteiger partial charge in [0, 0.05) is 11.8 Å². The van der Waals surface area contributed by atoms with Gasteiger partial charge in [0.25, 0.3) is 5.91 Å².